The van der Waals surface area contributed by atoms with Crippen molar-refractivity contribution in [1.29, 1.82) is 0 Å². The van der Waals surface area contributed by atoms with Gasteiger partial charge in [-0.2, -0.15) is 0 Å². The first-order chi connectivity index (χ1) is 8.22. The molecule has 3 nitrogen and oxygen atoms in total. The Morgan fingerprint density at radius 3 is 2.59 bits per heavy atom. The molecule has 0 fully saturated rings. The number of hydrogen-bond donors (Lipinski definition) is 1. The minimum atomic E-state index is -0.444. The van der Waals surface area contributed by atoms with E-state index in [9.17, 15) is 4.39 Å². The van der Waals surface area contributed by atoms with Crippen LogP contribution in [0, 0.1) is 5.82 Å². The first-order valence-electron chi connectivity index (χ1n) is 5.11. The third-order valence-corrected chi connectivity index (χ3v) is 2.72. The van der Waals surface area contributed by atoms with E-state index in [1.54, 1.807) is 31.6 Å². The van der Waals surface area contributed by atoms with Gasteiger partial charge in [0, 0.05) is 12.4 Å². The van der Waals surface area contributed by atoms with E-state index in [2.05, 4.69) is 15.3 Å². The number of nitrogens with zero attached hydrogens (tertiary/aromatic N) is 2. The summed E-state index contributed by atoms with van der Waals surface area (Å²) >= 11 is 5.65. The molecule has 0 spiro atoms. The highest BCUT2D eigenvalue weighted by Crippen LogP contribution is 2.22. The summed E-state index contributed by atoms with van der Waals surface area (Å²) in [6.45, 7) is 0. The normalized spacial score (nSPS) is 12.4. The summed E-state index contributed by atoms with van der Waals surface area (Å²) in [6.07, 6.45) is 3.30. The quantitative estimate of drug-likeness (QED) is 0.911. The molecule has 0 aliphatic heterocycles. The number of aromatic nitrogens is 2. The lowest BCUT2D eigenvalue weighted by atomic mass is 10.1. The summed E-state index contributed by atoms with van der Waals surface area (Å²) in [4.78, 5) is 8.30. The monoisotopic (exact) mass is 251 g/mol. The van der Waals surface area contributed by atoms with Crippen LogP contribution in [0.1, 0.15) is 17.4 Å². The maximum atomic E-state index is 13.4. The molecule has 0 bridgehead atoms. The molecule has 17 heavy (non-hydrogen) atoms. The van der Waals surface area contributed by atoms with E-state index < -0.39 is 5.82 Å². The molecule has 1 atom stereocenters. The molecule has 1 heterocycles. The lowest BCUT2D eigenvalue weighted by Gasteiger charge is -2.15. The van der Waals surface area contributed by atoms with Crippen LogP contribution >= 0.6 is 11.6 Å². The maximum absolute atomic E-state index is 13.4. The third kappa shape index (κ3) is 2.60. The van der Waals surface area contributed by atoms with E-state index in [0.717, 1.165) is 5.56 Å². The Kier molecular flexibility index (Phi) is 3.66. The van der Waals surface area contributed by atoms with Crippen molar-refractivity contribution in [3.63, 3.8) is 0 Å². The Hall–Kier alpha value is -1.52. The zero-order valence-electron chi connectivity index (χ0n) is 9.19. The fraction of sp³-hybridized carbons (Fsp3) is 0.167. The van der Waals surface area contributed by atoms with Crippen LogP contribution in [0.3, 0.4) is 0 Å². The van der Waals surface area contributed by atoms with Crippen molar-refractivity contribution < 1.29 is 4.39 Å². The Labute approximate surface area is 104 Å². The van der Waals surface area contributed by atoms with Gasteiger partial charge >= 0.3 is 0 Å². The molecule has 0 saturated carbocycles. The molecular weight excluding hydrogens is 241 g/mol. The van der Waals surface area contributed by atoms with Gasteiger partial charge in [-0.05, 0) is 30.8 Å². The number of benzene rings is 1. The van der Waals surface area contributed by atoms with Gasteiger partial charge in [0.1, 0.15) is 11.6 Å². The summed E-state index contributed by atoms with van der Waals surface area (Å²) in [6, 6.07) is 6.16. The van der Waals surface area contributed by atoms with Gasteiger partial charge in [0.25, 0.3) is 0 Å². The Balaban J connectivity index is 2.39. The standard InChI is InChI=1S/C12H11ClFN3/c1-15-11(12-16-5-2-6-17-12)8-3-4-9(13)10(14)7-8/h2-7,11,15H,1H3/t11-/m1/s1. The second-order valence-corrected chi connectivity index (χ2v) is 3.91. The van der Waals surface area contributed by atoms with Crippen LogP contribution in [0.15, 0.2) is 36.7 Å². The number of nitrogens with one attached hydrogen (secondary N) is 1. The SMILES string of the molecule is CN[C@H](c1ccc(Cl)c(F)c1)c1ncccn1. The maximum Gasteiger partial charge on any atom is 0.149 e. The highest BCUT2D eigenvalue weighted by molar-refractivity contribution is 6.30. The average Bonchev–Trinajstić information content (AvgIpc) is 2.36. The predicted molar refractivity (Wildman–Crippen MR) is 64.3 cm³/mol. The minimum absolute atomic E-state index is 0.109. The summed E-state index contributed by atoms with van der Waals surface area (Å²) in [5.74, 6) is 0.150. The lowest BCUT2D eigenvalue weighted by molar-refractivity contribution is 0.608. The minimum Gasteiger partial charge on any atom is -0.307 e. The number of halogens is 2. The molecule has 0 saturated heterocycles. The van der Waals surface area contributed by atoms with E-state index in [1.807, 2.05) is 0 Å². The molecular formula is C12H11ClFN3. The van der Waals surface area contributed by atoms with E-state index in [0.29, 0.717) is 5.82 Å². The molecule has 2 aromatic rings. The summed E-state index contributed by atoms with van der Waals surface area (Å²) < 4.78 is 13.4. The number of hydrogen-bond acceptors (Lipinski definition) is 3. The molecule has 1 aromatic carbocycles. The zero-order chi connectivity index (χ0) is 12.3. The predicted octanol–water partition coefficient (Wildman–Crippen LogP) is 2.58. The van der Waals surface area contributed by atoms with Crippen molar-refractivity contribution in [3.8, 4) is 0 Å². The van der Waals surface area contributed by atoms with Crippen LogP contribution in [-0.4, -0.2) is 17.0 Å². The summed E-state index contributed by atoms with van der Waals surface area (Å²) in [5.41, 5.74) is 0.737. The van der Waals surface area contributed by atoms with Crippen LogP contribution in [0.25, 0.3) is 0 Å². The molecule has 0 radical (unpaired) electrons. The smallest absolute Gasteiger partial charge is 0.149 e. The highest BCUT2D eigenvalue weighted by Gasteiger charge is 2.15. The van der Waals surface area contributed by atoms with Gasteiger partial charge < -0.3 is 5.32 Å². The van der Waals surface area contributed by atoms with Crippen molar-refractivity contribution in [3.05, 3.63) is 58.9 Å². The second-order valence-electron chi connectivity index (χ2n) is 3.50. The third-order valence-electron chi connectivity index (χ3n) is 2.41. The van der Waals surface area contributed by atoms with Crippen LogP contribution in [0.2, 0.25) is 5.02 Å². The summed E-state index contributed by atoms with van der Waals surface area (Å²) in [5, 5.41) is 3.16. The summed E-state index contributed by atoms with van der Waals surface area (Å²) in [7, 11) is 1.77. The van der Waals surface area contributed by atoms with Crippen molar-refractivity contribution in [1.82, 2.24) is 15.3 Å². The molecule has 1 N–H and O–H groups in total. The number of rotatable bonds is 3. The molecule has 0 aliphatic rings. The van der Waals surface area contributed by atoms with E-state index in [4.69, 9.17) is 11.6 Å². The van der Waals surface area contributed by atoms with Crippen molar-refractivity contribution in [2.24, 2.45) is 0 Å². The van der Waals surface area contributed by atoms with Gasteiger partial charge in [0.15, 0.2) is 0 Å². The van der Waals surface area contributed by atoms with Crippen molar-refractivity contribution in [2.75, 3.05) is 7.05 Å². The first-order valence-corrected chi connectivity index (χ1v) is 5.49. The molecule has 0 aliphatic carbocycles. The molecule has 88 valence electrons. The van der Waals surface area contributed by atoms with Gasteiger partial charge in [0.05, 0.1) is 11.1 Å². The van der Waals surface area contributed by atoms with Crippen LogP contribution in [0.4, 0.5) is 4.39 Å². The second kappa shape index (κ2) is 5.21. The fourth-order valence-electron chi connectivity index (χ4n) is 1.60. The topological polar surface area (TPSA) is 37.8 Å². The van der Waals surface area contributed by atoms with Crippen LogP contribution in [-0.2, 0) is 0 Å². The van der Waals surface area contributed by atoms with Gasteiger partial charge in [-0.25, -0.2) is 14.4 Å². The Bertz CT molecular complexity index is 504. The van der Waals surface area contributed by atoms with Gasteiger partial charge in [-0.15, -0.1) is 0 Å². The van der Waals surface area contributed by atoms with Gasteiger partial charge in [0.2, 0.25) is 0 Å². The van der Waals surface area contributed by atoms with Crippen molar-refractivity contribution in [2.45, 2.75) is 6.04 Å². The molecule has 2 rings (SSSR count). The molecule has 1 aromatic heterocycles. The average molecular weight is 252 g/mol. The van der Waals surface area contributed by atoms with Crippen molar-refractivity contribution >= 4 is 11.6 Å². The van der Waals surface area contributed by atoms with Crippen LogP contribution in [0.5, 0.6) is 0 Å². The van der Waals surface area contributed by atoms with Gasteiger partial charge in [-0.3, -0.25) is 0 Å². The van der Waals surface area contributed by atoms with E-state index in [1.165, 1.54) is 12.1 Å². The lowest BCUT2D eigenvalue weighted by Crippen LogP contribution is -2.20. The van der Waals surface area contributed by atoms with E-state index in [-0.39, 0.29) is 11.1 Å². The first kappa shape index (κ1) is 12.0. The Morgan fingerprint density at radius 2 is 2.00 bits per heavy atom. The van der Waals surface area contributed by atoms with Gasteiger partial charge in [-0.1, -0.05) is 17.7 Å². The Morgan fingerprint density at radius 1 is 1.29 bits per heavy atom. The fourth-order valence-corrected chi connectivity index (χ4v) is 1.71. The zero-order valence-corrected chi connectivity index (χ0v) is 9.95. The molecule has 5 heteroatoms. The molecule has 0 unspecified atom stereocenters. The van der Waals surface area contributed by atoms with Crippen LogP contribution < -0.4 is 5.32 Å². The molecule has 0 amide bonds. The largest absolute Gasteiger partial charge is 0.307 e. The van der Waals surface area contributed by atoms with E-state index >= 15 is 0 Å². The highest BCUT2D eigenvalue weighted by atomic mass is 35.5.